The number of carbonyl (C=O) groups excluding carboxylic acids is 2. The van der Waals surface area contributed by atoms with Crippen molar-refractivity contribution in [3.63, 3.8) is 0 Å². The average Bonchev–Trinajstić information content (AvgIpc) is 3.09. The number of nitrogens with one attached hydrogen (secondary N) is 2. The molecule has 0 saturated carbocycles. The molecule has 138 valence electrons. The molecule has 0 aliphatic heterocycles. The Morgan fingerprint density at radius 1 is 1.07 bits per heavy atom. The molecule has 1 aromatic carbocycles. The second kappa shape index (κ2) is 8.09. The summed E-state index contributed by atoms with van der Waals surface area (Å²) in [5.74, 6) is -0.339. The highest BCUT2D eigenvalue weighted by atomic mass is 32.1. The molecule has 0 aliphatic carbocycles. The Kier molecular flexibility index (Phi) is 5.61. The number of aryl methyl sites for hydroxylation is 1. The summed E-state index contributed by atoms with van der Waals surface area (Å²) in [5.41, 5.74) is 3.90. The number of amides is 2. The quantitative estimate of drug-likeness (QED) is 0.702. The largest absolute Gasteiger partial charge is 0.350 e. The van der Waals surface area contributed by atoms with Gasteiger partial charge in [0.25, 0.3) is 5.91 Å². The van der Waals surface area contributed by atoms with Crippen molar-refractivity contribution < 1.29 is 9.59 Å². The Morgan fingerprint density at radius 2 is 1.81 bits per heavy atom. The van der Waals surface area contributed by atoms with Crippen LogP contribution in [0.15, 0.2) is 47.8 Å². The number of anilines is 1. The number of benzene rings is 1. The highest BCUT2D eigenvalue weighted by Crippen LogP contribution is 2.26. The first-order chi connectivity index (χ1) is 12.9. The maximum atomic E-state index is 12.3. The van der Waals surface area contributed by atoms with E-state index in [1.54, 1.807) is 12.1 Å². The Balaban J connectivity index is 1.70. The lowest BCUT2D eigenvalue weighted by Crippen LogP contribution is -2.23. The maximum absolute atomic E-state index is 12.3. The van der Waals surface area contributed by atoms with Gasteiger partial charge >= 0.3 is 0 Å². The number of hydrogen-bond acceptors (Lipinski definition) is 5. The van der Waals surface area contributed by atoms with Crippen molar-refractivity contribution in [3.05, 3.63) is 64.8 Å². The predicted molar refractivity (Wildman–Crippen MR) is 107 cm³/mol. The smallest absolute Gasteiger partial charge is 0.276 e. The summed E-state index contributed by atoms with van der Waals surface area (Å²) in [6.07, 6.45) is 0. The van der Waals surface area contributed by atoms with Crippen molar-refractivity contribution in [2.24, 2.45) is 0 Å². The van der Waals surface area contributed by atoms with E-state index in [-0.39, 0.29) is 17.9 Å². The van der Waals surface area contributed by atoms with Crippen molar-refractivity contribution in [3.8, 4) is 11.3 Å². The lowest BCUT2D eigenvalue weighted by molar-refractivity contribution is -0.119. The minimum Gasteiger partial charge on any atom is -0.350 e. The number of carbonyl (C=O) groups is 2. The Hall–Kier alpha value is -3.06. The average molecular weight is 380 g/mol. The third kappa shape index (κ3) is 4.77. The third-order valence-corrected chi connectivity index (χ3v) is 4.73. The summed E-state index contributed by atoms with van der Waals surface area (Å²) < 4.78 is 0. The highest BCUT2D eigenvalue weighted by Gasteiger charge is 2.12. The monoisotopic (exact) mass is 380 g/mol. The zero-order valence-electron chi connectivity index (χ0n) is 15.3. The molecule has 1 atom stereocenters. The van der Waals surface area contributed by atoms with Crippen LogP contribution in [-0.2, 0) is 4.79 Å². The van der Waals surface area contributed by atoms with Gasteiger partial charge in [-0.15, -0.1) is 11.3 Å². The van der Waals surface area contributed by atoms with Crippen molar-refractivity contribution in [2.75, 3.05) is 5.32 Å². The zero-order valence-corrected chi connectivity index (χ0v) is 16.1. The summed E-state index contributed by atoms with van der Waals surface area (Å²) in [7, 11) is 0. The fraction of sp³-hybridized carbons (Fsp3) is 0.200. The zero-order chi connectivity index (χ0) is 19.4. The molecule has 0 fully saturated rings. The molecule has 2 amide bonds. The van der Waals surface area contributed by atoms with Crippen LogP contribution in [-0.4, -0.2) is 21.8 Å². The summed E-state index contributed by atoms with van der Waals surface area (Å²) in [6, 6.07) is 13.1. The van der Waals surface area contributed by atoms with Crippen molar-refractivity contribution in [1.82, 2.24) is 15.3 Å². The predicted octanol–water partition coefficient (Wildman–Crippen LogP) is 3.96. The van der Waals surface area contributed by atoms with Crippen LogP contribution in [0.25, 0.3) is 11.3 Å². The van der Waals surface area contributed by atoms with Crippen LogP contribution >= 0.6 is 11.3 Å². The van der Waals surface area contributed by atoms with Crippen LogP contribution in [0, 0.1) is 6.92 Å². The maximum Gasteiger partial charge on any atom is 0.276 e. The van der Waals surface area contributed by atoms with Gasteiger partial charge in [0.1, 0.15) is 5.69 Å². The SMILES string of the molecule is CC(=O)NC(C)c1ccc(-c2csc(NC(=O)c3cccc(C)n3)n2)cc1. The minimum absolute atomic E-state index is 0.0522. The van der Waals surface area contributed by atoms with Crippen LogP contribution in [0.5, 0.6) is 0 Å². The topological polar surface area (TPSA) is 84.0 Å². The van der Waals surface area contributed by atoms with Crippen LogP contribution in [0.2, 0.25) is 0 Å². The number of pyridine rings is 1. The van der Waals surface area contributed by atoms with Gasteiger partial charge in [0, 0.05) is 23.6 Å². The van der Waals surface area contributed by atoms with Gasteiger partial charge in [-0.25, -0.2) is 9.97 Å². The van der Waals surface area contributed by atoms with Crippen molar-refractivity contribution >= 4 is 28.3 Å². The van der Waals surface area contributed by atoms with Gasteiger partial charge in [0.2, 0.25) is 5.91 Å². The van der Waals surface area contributed by atoms with Gasteiger partial charge in [0.05, 0.1) is 11.7 Å². The van der Waals surface area contributed by atoms with E-state index in [1.807, 2.05) is 49.6 Å². The molecule has 0 radical (unpaired) electrons. The third-order valence-electron chi connectivity index (χ3n) is 3.97. The first-order valence-electron chi connectivity index (χ1n) is 8.50. The van der Waals surface area contributed by atoms with E-state index in [2.05, 4.69) is 20.6 Å². The molecule has 0 bridgehead atoms. The molecule has 3 rings (SSSR count). The van der Waals surface area contributed by atoms with Crippen LogP contribution in [0.3, 0.4) is 0 Å². The van der Waals surface area contributed by atoms with E-state index in [0.717, 1.165) is 22.5 Å². The standard InChI is InChI=1S/C20H20N4O2S/c1-12-5-4-6-17(21-12)19(26)24-20-23-18(11-27-20)16-9-7-15(8-10-16)13(2)22-14(3)25/h4-11,13H,1-3H3,(H,22,25)(H,23,24,26). The number of aromatic nitrogens is 2. The minimum atomic E-state index is -0.279. The number of rotatable bonds is 5. The van der Waals surface area contributed by atoms with E-state index in [4.69, 9.17) is 0 Å². The first kappa shape index (κ1) is 18.7. The highest BCUT2D eigenvalue weighted by molar-refractivity contribution is 7.14. The molecule has 0 aliphatic rings. The van der Waals surface area contributed by atoms with Crippen molar-refractivity contribution in [1.29, 1.82) is 0 Å². The Morgan fingerprint density at radius 3 is 2.48 bits per heavy atom. The number of thiazole rings is 1. The number of nitrogens with zero attached hydrogens (tertiary/aromatic N) is 2. The Bertz CT molecular complexity index is 966. The molecule has 2 heterocycles. The van der Waals surface area contributed by atoms with E-state index in [1.165, 1.54) is 18.3 Å². The van der Waals surface area contributed by atoms with E-state index < -0.39 is 0 Å². The molecule has 6 nitrogen and oxygen atoms in total. The summed E-state index contributed by atoms with van der Waals surface area (Å²) >= 11 is 1.36. The molecule has 3 aromatic rings. The molecular formula is C20H20N4O2S. The van der Waals surface area contributed by atoms with Gasteiger partial charge < -0.3 is 5.32 Å². The van der Waals surface area contributed by atoms with E-state index >= 15 is 0 Å². The van der Waals surface area contributed by atoms with Gasteiger partial charge in [0.15, 0.2) is 5.13 Å². The van der Waals surface area contributed by atoms with Gasteiger partial charge in [-0.3, -0.25) is 14.9 Å². The van der Waals surface area contributed by atoms with Gasteiger partial charge in [-0.05, 0) is 31.5 Å². The van der Waals surface area contributed by atoms with E-state index in [0.29, 0.717) is 10.8 Å². The molecular weight excluding hydrogens is 360 g/mol. The van der Waals surface area contributed by atoms with Gasteiger partial charge in [-0.2, -0.15) is 0 Å². The lowest BCUT2D eigenvalue weighted by Gasteiger charge is -2.12. The second-order valence-corrected chi connectivity index (χ2v) is 7.06. The molecule has 2 aromatic heterocycles. The fourth-order valence-electron chi connectivity index (χ4n) is 2.63. The van der Waals surface area contributed by atoms with Crippen LogP contribution < -0.4 is 10.6 Å². The van der Waals surface area contributed by atoms with Gasteiger partial charge in [-0.1, -0.05) is 30.3 Å². The molecule has 0 saturated heterocycles. The van der Waals surface area contributed by atoms with Crippen molar-refractivity contribution in [2.45, 2.75) is 26.8 Å². The molecule has 1 unspecified atom stereocenters. The second-order valence-electron chi connectivity index (χ2n) is 6.20. The lowest BCUT2D eigenvalue weighted by atomic mass is 10.1. The molecule has 27 heavy (non-hydrogen) atoms. The van der Waals surface area contributed by atoms with Crippen LogP contribution in [0.1, 0.15) is 41.6 Å². The summed E-state index contributed by atoms with van der Waals surface area (Å²) in [5, 5.41) is 8.06. The van der Waals surface area contributed by atoms with Crippen LogP contribution in [0.4, 0.5) is 5.13 Å². The summed E-state index contributed by atoms with van der Waals surface area (Å²) in [4.78, 5) is 32.1. The molecule has 7 heteroatoms. The summed E-state index contributed by atoms with van der Waals surface area (Å²) in [6.45, 7) is 5.28. The molecule has 0 spiro atoms. The molecule has 2 N–H and O–H groups in total. The Labute approximate surface area is 161 Å². The normalized spacial score (nSPS) is 11.7. The number of hydrogen-bond donors (Lipinski definition) is 2. The van der Waals surface area contributed by atoms with E-state index in [9.17, 15) is 9.59 Å². The fourth-order valence-corrected chi connectivity index (χ4v) is 3.34. The first-order valence-corrected chi connectivity index (χ1v) is 9.38.